The number of hydrogen-bond donors (Lipinski definition) is 1. The molecule has 3 aromatic rings. The number of hydrogen-bond acceptors (Lipinski definition) is 5. The minimum atomic E-state index is -0.184. The number of nitrogens with zero attached hydrogens (tertiary/aromatic N) is 3. The van der Waals surface area contributed by atoms with Crippen molar-refractivity contribution < 1.29 is 9.53 Å². The van der Waals surface area contributed by atoms with E-state index in [9.17, 15) is 4.79 Å². The molecule has 0 aliphatic carbocycles. The van der Waals surface area contributed by atoms with Crippen LogP contribution in [0.5, 0.6) is 5.75 Å². The van der Waals surface area contributed by atoms with E-state index < -0.39 is 0 Å². The van der Waals surface area contributed by atoms with E-state index in [-0.39, 0.29) is 5.91 Å². The van der Waals surface area contributed by atoms with Gasteiger partial charge in [0, 0.05) is 23.7 Å². The number of ether oxygens (including phenoxy) is 1. The van der Waals surface area contributed by atoms with Gasteiger partial charge in [-0.3, -0.25) is 4.79 Å². The van der Waals surface area contributed by atoms with Gasteiger partial charge in [-0.25, -0.2) is 9.97 Å². The summed E-state index contributed by atoms with van der Waals surface area (Å²) in [5.41, 5.74) is 2.04. The van der Waals surface area contributed by atoms with Crippen molar-refractivity contribution in [1.29, 1.82) is 0 Å². The number of benzene rings is 2. The summed E-state index contributed by atoms with van der Waals surface area (Å²) >= 11 is 0. The largest absolute Gasteiger partial charge is 0.492 e. The van der Waals surface area contributed by atoms with E-state index in [2.05, 4.69) is 20.2 Å². The lowest BCUT2D eigenvalue weighted by Crippen LogP contribution is -2.19. The number of aromatic nitrogens is 2. The van der Waals surface area contributed by atoms with E-state index >= 15 is 0 Å². The molecule has 1 heterocycles. The van der Waals surface area contributed by atoms with Crippen LogP contribution in [0.3, 0.4) is 0 Å². The smallest absolute Gasteiger partial charge is 0.255 e. The van der Waals surface area contributed by atoms with E-state index in [1.54, 1.807) is 30.5 Å². The molecule has 6 heteroatoms. The number of rotatable bonds is 6. The number of carbonyl (C=O) groups is 1. The summed E-state index contributed by atoms with van der Waals surface area (Å²) < 4.78 is 5.64. The third kappa shape index (κ3) is 4.30. The molecular formula is C19H20N4O2. The van der Waals surface area contributed by atoms with Gasteiger partial charge in [-0.2, -0.15) is 0 Å². The van der Waals surface area contributed by atoms with E-state index in [4.69, 9.17) is 4.74 Å². The molecule has 1 amide bonds. The molecule has 0 aliphatic rings. The van der Waals surface area contributed by atoms with Crippen molar-refractivity contribution >= 4 is 22.5 Å². The highest BCUT2D eigenvalue weighted by atomic mass is 16.5. The molecule has 0 fully saturated rings. The molecule has 2 aromatic carbocycles. The van der Waals surface area contributed by atoms with Gasteiger partial charge in [0.2, 0.25) is 0 Å². The summed E-state index contributed by atoms with van der Waals surface area (Å²) in [5.74, 6) is 0.563. The lowest BCUT2D eigenvalue weighted by Gasteiger charge is -2.11. The molecule has 0 spiro atoms. The Morgan fingerprint density at radius 3 is 2.72 bits per heavy atom. The second-order valence-corrected chi connectivity index (χ2v) is 5.89. The predicted molar refractivity (Wildman–Crippen MR) is 98.0 cm³/mol. The van der Waals surface area contributed by atoms with Gasteiger partial charge in [-0.05, 0) is 50.5 Å². The van der Waals surface area contributed by atoms with Crippen LogP contribution < -0.4 is 10.1 Å². The van der Waals surface area contributed by atoms with Crippen molar-refractivity contribution in [3.63, 3.8) is 0 Å². The second-order valence-electron chi connectivity index (χ2n) is 5.89. The molecule has 0 saturated heterocycles. The summed E-state index contributed by atoms with van der Waals surface area (Å²) in [6.07, 6.45) is 3.18. The van der Waals surface area contributed by atoms with Gasteiger partial charge in [0.05, 0.1) is 11.2 Å². The first-order valence-corrected chi connectivity index (χ1v) is 8.01. The minimum absolute atomic E-state index is 0.184. The topological polar surface area (TPSA) is 67.3 Å². The van der Waals surface area contributed by atoms with Gasteiger partial charge in [0.15, 0.2) is 0 Å². The Balaban J connectivity index is 1.68. The van der Waals surface area contributed by atoms with Crippen molar-refractivity contribution in [3.05, 3.63) is 60.6 Å². The van der Waals surface area contributed by atoms with E-state index in [1.807, 2.05) is 32.3 Å². The standard InChI is InChI=1S/C19H20N4O2/c1-23(2)10-11-25-15-8-6-14(7-9-15)19(24)22-18-5-3-4-17-16(18)12-20-13-21-17/h3-9,12-13H,10-11H2,1-2H3,(H,22,24). The van der Waals surface area contributed by atoms with Crippen LogP contribution in [0.4, 0.5) is 5.69 Å². The molecule has 0 unspecified atom stereocenters. The second kappa shape index (κ2) is 7.72. The summed E-state index contributed by atoms with van der Waals surface area (Å²) in [4.78, 5) is 22.7. The number of carbonyl (C=O) groups excluding carboxylic acids is 1. The van der Waals surface area contributed by atoms with Crippen LogP contribution in [0.25, 0.3) is 10.9 Å². The van der Waals surface area contributed by atoms with Gasteiger partial charge >= 0.3 is 0 Å². The minimum Gasteiger partial charge on any atom is -0.492 e. The molecule has 128 valence electrons. The Kier molecular flexibility index (Phi) is 5.20. The molecule has 0 saturated carbocycles. The quantitative estimate of drug-likeness (QED) is 0.750. The van der Waals surface area contributed by atoms with Crippen molar-refractivity contribution in [3.8, 4) is 5.75 Å². The van der Waals surface area contributed by atoms with Crippen LogP contribution in [0, 0.1) is 0 Å². The zero-order chi connectivity index (χ0) is 17.6. The molecule has 0 atom stereocenters. The number of amides is 1. The van der Waals surface area contributed by atoms with Crippen LogP contribution in [-0.4, -0.2) is 48.0 Å². The van der Waals surface area contributed by atoms with Crippen molar-refractivity contribution in [1.82, 2.24) is 14.9 Å². The fraction of sp³-hybridized carbons (Fsp3) is 0.211. The molecule has 1 aromatic heterocycles. The average molecular weight is 336 g/mol. The summed E-state index contributed by atoms with van der Waals surface area (Å²) in [5, 5.41) is 3.72. The molecule has 1 N–H and O–H groups in total. The number of anilines is 1. The molecular weight excluding hydrogens is 316 g/mol. The SMILES string of the molecule is CN(C)CCOc1ccc(C(=O)Nc2cccc3ncncc23)cc1. The maximum Gasteiger partial charge on any atom is 0.255 e. The van der Waals surface area contributed by atoms with Crippen LogP contribution in [0.15, 0.2) is 55.0 Å². The first-order valence-electron chi connectivity index (χ1n) is 8.01. The monoisotopic (exact) mass is 336 g/mol. The Morgan fingerprint density at radius 1 is 1.16 bits per heavy atom. The molecule has 3 rings (SSSR count). The third-order valence-electron chi connectivity index (χ3n) is 3.72. The summed E-state index contributed by atoms with van der Waals surface area (Å²) in [7, 11) is 3.99. The molecule has 0 bridgehead atoms. The maximum atomic E-state index is 12.5. The fourth-order valence-electron chi connectivity index (χ4n) is 2.36. The molecule has 0 radical (unpaired) electrons. The van der Waals surface area contributed by atoms with Gasteiger partial charge in [-0.15, -0.1) is 0 Å². The zero-order valence-electron chi connectivity index (χ0n) is 14.3. The first-order chi connectivity index (χ1) is 12.1. The Labute approximate surface area is 146 Å². The average Bonchev–Trinajstić information content (AvgIpc) is 2.62. The van der Waals surface area contributed by atoms with Gasteiger partial charge in [-0.1, -0.05) is 6.07 Å². The highest BCUT2D eigenvalue weighted by Crippen LogP contribution is 2.21. The highest BCUT2D eigenvalue weighted by Gasteiger charge is 2.09. The lowest BCUT2D eigenvalue weighted by molar-refractivity contribution is 0.102. The van der Waals surface area contributed by atoms with Crippen molar-refractivity contribution in [2.45, 2.75) is 0 Å². The Morgan fingerprint density at radius 2 is 1.96 bits per heavy atom. The van der Waals surface area contributed by atoms with Crippen LogP contribution >= 0.6 is 0 Å². The summed E-state index contributed by atoms with van der Waals surface area (Å²) in [6, 6.07) is 12.7. The third-order valence-corrected chi connectivity index (χ3v) is 3.72. The maximum absolute atomic E-state index is 12.5. The first kappa shape index (κ1) is 16.9. The molecule has 0 aliphatic heterocycles. The predicted octanol–water partition coefficient (Wildman–Crippen LogP) is 2.82. The van der Waals surface area contributed by atoms with E-state index in [0.29, 0.717) is 17.9 Å². The fourth-order valence-corrected chi connectivity index (χ4v) is 2.36. The zero-order valence-corrected chi connectivity index (χ0v) is 14.3. The lowest BCUT2D eigenvalue weighted by atomic mass is 10.1. The van der Waals surface area contributed by atoms with Crippen LogP contribution in [0.1, 0.15) is 10.4 Å². The van der Waals surface area contributed by atoms with Crippen LogP contribution in [-0.2, 0) is 0 Å². The Hall–Kier alpha value is -2.99. The van der Waals surface area contributed by atoms with Crippen LogP contribution in [0.2, 0.25) is 0 Å². The van der Waals surface area contributed by atoms with Crippen molar-refractivity contribution in [2.24, 2.45) is 0 Å². The number of nitrogens with one attached hydrogen (secondary N) is 1. The normalized spacial score (nSPS) is 10.8. The molecule has 6 nitrogen and oxygen atoms in total. The number of fused-ring (bicyclic) bond motifs is 1. The van der Waals surface area contributed by atoms with Gasteiger partial charge < -0.3 is 15.0 Å². The van der Waals surface area contributed by atoms with E-state index in [0.717, 1.165) is 23.2 Å². The summed E-state index contributed by atoms with van der Waals surface area (Å²) in [6.45, 7) is 1.44. The number of likely N-dealkylation sites (N-methyl/N-ethyl adjacent to an activating group) is 1. The van der Waals surface area contributed by atoms with Gasteiger partial charge in [0.25, 0.3) is 5.91 Å². The Bertz CT molecular complexity index is 857. The van der Waals surface area contributed by atoms with E-state index in [1.165, 1.54) is 6.33 Å². The highest BCUT2D eigenvalue weighted by molar-refractivity contribution is 6.08. The van der Waals surface area contributed by atoms with Crippen molar-refractivity contribution in [2.75, 3.05) is 32.6 Å². The molecule has 25 heavy (non-hydrogen) atoms. The van der Waals surface area contributed by atoms with Gasteiger partial charge in [0.1, 0.15) is 18.7 Å².